The lowest BCUT2D eigenvalue weighted by atomic mass is 9.92. The van der Waals surface area contributed by atoms with Crippen molar-refractivity contribution in [1.29, 1.82) is 0 Å². The van der Waals surface area contributed by atoms with Crippen LogP contribution in [0.1, 0.15) is 25.3 Å². The van der Waals surface area contributed by atoms with Gasteiger partial charge in [0.05, 0.1) is 11.4 Å². The zero-order valence-electron chi connectivity index (χ0n) is 11.0. The number of β-amino-alcohol motifs (C(OH)–C–C–N with tert-alkyl or cyclic N) is 1. The van der Waals surface area contributed by atoms with Crippen LogP contribution in [0.3, 0.4) is 0 Å². The van der Waals surface area contributed by atoms with Gasteiger partial charge in [-0.25, -0.2) is 8.42 Å². The number of sulfonamides is 1. The van der Waals surface area contributed by atoms with Gasteiger partial charge in [-0.15, -0.1) is 0 Å². The molecule has 1 aliphatic rings. The number of aliphatic hydroxyl groups is 1. The lowest BCUT2D eigenvalue weighted by molar-refractivity contribution is -0.0653. The van der Waals surface area contributed by atoms with E-state index in [2.05, 4.69) is 0 Å². The zero-order valence-corrected chi connectivity index (χ0v) is 11.9. The van der Waals surface area contributed by atoms with Gasteiger partial charge in [0.25, 0.3) is 0 Å². The van der Waals surface area contributed by atoms with Crippen molar-refractivity contribution in [2.24, 2.45) is 0 Å². The molecule has 1 aromatic carbocycles. The Bertz CT molecular complexity index is 551. The topological polar surface area (TPSA) is 83.6 Å². The van der Waals surface area contributed by atoms with Crippen LogP contribution < -0.4 is 5.73 Å². The summed E-state index contributed by atoms with van der Waals surface area (Å²) in [5, 5.41) is 10.0. The summed E-state index contributed by atoms with van der Waals surface area (Å²) in [4.78, 5) is 0. The highest BCUT2D eigenvalue weighted by atomic mass is 32.2. The molecule has 0 spiro atoms. The van der Waals surface area contributed by atoms with Crippen molar-refractivity contribution < 1.29 is 13.5 Å². The Morgan fingerprint density at radius 3 is 2.68 bits per heavy atom. The van der Waals surface area contributed by atoms with Crippen molar-refractivity contribution in [1.82, 2.24) is 4.31 Å². The Labute approximate surface area is 114 Å². The predicted octanol–water partition coefficient (Wildman–Crippen LogP) is 0.945. The molecule has 0 saturated carbocycles. The van der Waals surface area contributed by atoms with E-state index in [0.717, 1.165) is 6.42 Å². The average molecular weight is 284 g/mol. The molecule has 1 aromatic rings. The van der Waals surface area contributed by atoms with E-state index in [1.165, 1.54) is 4.31 Å². The van der Waals surface area contributed by atoms with Gasteiger partial charge in [-0.05, 0) is 24.1 Å². The molecule has 1 saturated heterocycles. The third-order valence-electron chi connectivity index (χ3n) is 3.35. The highest BCUT2D eigenvalue weighted by Crippen LogP contribution is 2.29. The fourth-order valence-electron chi connectivity index (χ4n) is 2.42. The van der Waals surface area contributed by atoms with E-state index in [-0.39, 0.29) is 18.8 Å². The van der Waals surface area contributed by atoms with Crippen LogP contribution in [0.25, 0.3) is 0 Å². The first-order chi connectivity index (χ1) is 8.85. The van der Waals surface area contributed by atoms with E-state index in [1.54, 1.807) is 24.3 Å². The molecule has 1 heterocycles. The third kappa shape index (κ3) is 3.26. The molecular weight excluding hydrogens is 264 g/mol. The number of anilines is 1. The van der Waals surface area contributed by atoms with Crippen LogP contribution in [0.15, 0.2) is 24.3 Å². The molecule has 0 amide bonds. The summed E-state index contributed by atoms with van der Waals surface area (Å²) in [6, 6.07) is 6.87. The number of nitrogens with zero attached hydrogens (tertiary/aromatic N) is 1. The summed E-state index contributed by atoms with van der Waals surface area (Å²) >= 11 is 0. The van der Waals surface area contributed by atoms with Gasteiger partial charge in [0.1, 0.15) is 0 Å². The second kappa shape index (κ2) is 5.11. The molecular formula is C13H20N2O3S. The summed E-state index contributed by atoms with van der Waals surface area (Å²) in [5.74, 6) is -0.0692. The molecule has 3 N–H and O–H groups in total. The highest BCUT2D eigenvalue weighted by Gasteiger charge is 2.45. The van der Waals surface area contributed by atoms with Crippen LogP contribution in [0.2, 0.25) is 0 Å². The molecule has 0 aromatic heterocycles. The number of nitrogen functional groups attached to an aromatic ring is 1. The van der Waals surface area contributed by atoms with E-state index < -0.39 is 15.6 Å². The first-order valence-electron chi connectivity index (χ1n) is 6.39. The van der Waals surface area contributed by atoms with Gasteiger partial charge < -0.3 is 10.8 Å². The first kappa shape index (κ1) is 14.3. The minimum atomic E-state index is -3.36. The number of hydrogen-bond acceptors (Lipinski definition) is 4. The lowest BCUT2D eigenvalue weighted by Gasteiger charge is -2.45. The Morgan fingerprint density at radius 1 is 1.42 bits per heavy atom. The normalized spacial score (nSPS) is 19.1. The van der Waals surface area contributed by atoms with Crippen LogP contribution in [-0.2, 0) is 15.8 Å². The molecule has 2 rings (SSSR count). The van der Waals surface area contributed by atoms with E-state index in [0.29, 0.717) is 17.7 Å². The quantitative estimate of drug-likeness (QED) is 0.788. The molecule has 1 fully saturated rings. The second-order valence-corrected chi connectivity index (χ2v) is 7.21. The summed E-state index contributed by atoms with van der Waals surface area (Å²) in [5.41, 5.74) is 6.03. The highest BCUT2D eigenvalue weighted by molar-refractivity contribution is 7.88. The molecule has 0 unspecified atom stereocenters. The molecule has 0 radical (unpaired) electrons. The minimum Gasteiger partial charge on any atom is -0.399 e. The Morgan fingerprint density at radius 2 is 2.11 bits per heavy atom. The van der Waals surface area contributed by atoms with Gasteiger partial charge in [-0.1, -0.05) is 25.5 Å². The van der Waals surface area contributed by atoms with Crippen molar-refractivity contribution >= 4 is 15.7 Å². The summed E-state index contributed by atoms with van der Waals surface area (Å²) in [7, 11) is -3.36. The summed E-state index contributed by atoms with van der Waals surface area (Å²) in [6.45, 7) is 2.37. The largest absolute Gasteiger partial charge is 0.399 e. The third-order valence-corrected chi connectivity index (χ3v) is 5.09. The lowest BCUT2D eigenvalue weighted by Crippen LogP contribution is -2.63. The van der Waals surface area contributed by atoms with E-state index in [4.69, 9.17) is 5.73 Å². The van der Waals surface area contributed by atoms with Crippen molar-refractivity contribution in [3.63, 3.8) is 0 Å². The van der Waals surface area contributed by atoms with Crippen molar-refractivity contribution in [2.45, 2.75) is 31.1 Å². The van der Waals surface area contributed by atoms with Crippen molar-refractivity contribution in [3.8, 4) is 0 Å². The van der Waals surface area contributed by atoms with Crippen molar-refractivity contribution in [2.75, 3.05) is 18.8 Å². The summed E-state index contributed by atoms with van der Waals surface area (Å²) < 4.78 is 25.7. The maximum Gasteiger partial charge on any atom is 0.218 e. The molecule has 19 heavy (non-hydrogen) atoms. The van der Waals surface area contributed by atoms with Gasteiger partial charge in [-0.2, -0.15) is 4.31 Å². The van der Waals surface area contributed by atoms with E-state index in [9.17, 15) is 13.5 Å². The van der Waals surface area contributed by atoms with Gasteiger partial charge in [-0.3, -0.25) is 0 Å². The molecule has 0 atom stereocenters. The van der Waals surface area contributed by atoms with Crippen molar-refractivity contribution in [3.05, 3.63) is 29.8 Å². The van der Waals surface area contributed by atoms with Crippen LogP contribution in [0.4, 0.5) is 5.69 Å². The van der Waals surface area contributed by atoms with Crippen LogP contribution in [-0.4, -0.2) is 36.5 Å². The molecule has 5 nitrogen and oxygen atoms in total. The summed E-state index contributed by atoms with van der Waals surface area (Å²) in [6.07, 6.45) is 1.48. The smallest absolute Gasteiger partial charge is 0.218 e. The van der Waals surface area contributed by atoms with Gasteiger partial charge in [0.2, 0.25) is 10.0 Å². The molecule has 1 aliphatic heterocycles. The molecule has 6 heteroatoms. The standard InChI is InChI=1S/C13H20N2O3S/c1-2-6-13(16)9-15(10-13)19(17,18)8-11-4-3-5-12(14)7-11/h3-5,7,16H,2,6,8-10,14H2,1H3. The number of rotatable bonds is 5. The SMILES string of the molecule is CCCC1(O)CN(S(=O)(=O)Cc2cccc(N)c2)C1. The van der Waals surface area contributed by atoms with Gasteiger partial charge in [0, 0.05) is 18.8 Å². The fraction of sp³-hybridized carbons (Fsp3) is 0.538. The predicted molar refractivity (Wildman–Crippen MR) is 74.9 cm³/mol. The Balaban J connectivity index is 2.01. The second-order valence-electron chi connectivity index (χ2n) is 5.24. The van der Waals surface area contributed by atoms with Crippen LogP contribution in [0, 0.1) is 0 Å². The average Bonchev–Trinajstić information content (AvgIpc) is 2.25. The van der Waals surface area contributed by atoms with Gasteiger partial charge in [0.15, 0.2) is 0 Å². The van der Waals surface area contributed by atoms with E-state index >= 15 is 0 Å². The number of benzene rings is 1. The maximum absolute atomic E-state index is 12.2. The molecule has 0 bridgehead atoms. The number of hydrogen-bond donors (Lipinski definition) is 2. The number of nitrogens with two attached hydrogens (primary N) is 1. The Hall–Kier alpha value is -1.11. The van der Waals surface area contributed by atoms with Crippen LogP contribution in [0.5, 0.6) is 0 Å². The maximum atomic E-state index is 12.2. The first-order valence-corrected chi connectivity index (χ1v) is 8.00. The molecule has 0 aliphatic carbocycles. The molecule has 106 valence electrons. The minimum absolute atomic E-state index is 0.0692. The Kier molecular flexibility index (Phi) is 3.85. The monoisotopic (exact) mass is 284 g/mol. The van der Waals surface area contributed by atoms with Gasteiger partial charge >= 0.3 is 0 Å². The zero-order chi connectivity index (χ0) is 14.1. The fourth-order valence-corrected chi connectivity index (χ4v) is 4.07. The van der Waals surface area contributed by atoms with Crippen LogP contribution >= 0.6 is 0 Å². The van der Waals surface area contributed by atoms with E-state index in [1.807, 2.05) is 6.92 Å².